The monoisotopic (exact) mass is 379 g/mol. The number of piperidine rings is 1. The van der Waals surface area contributed by atoms with Gasteiger partial charge in [-0.05, 0) is 49.2 Å². The molecule has 2 heterocycles. The van der Waals surface area contributed by atoms with Crippen molar-refractivity contribution in [2.75, 3.05) is 13.1 Å². The maximum atomic E-state index is 12.9. The Morgan fingerprint density at radius 1 is 1.15 bits per heavy atom. The van der Waals surface area contributed by atoms with Crippen molar-refractivity contribution in [2.45, 2.75) is 23.8 Å². The second-order valence-electron chi connectivity index (χ2n) is 6.05. The fraction of sp³-hybridized carbons (Fsp3) is 0.294. The molecule has 0 spiro atoms. The Bertz CT molecular complexity index is 948. The highest BCUT2D eigenvalue weighted by Gasteiger charge is 2.28. The first-order valence-electron chi connectivity index (χ1n) is 8.12. The number of H-pyrrole nitrogens is 1. The fourth-order valence-electron chi connectivity index (χ4n) is 2.86. The van der Waals surface area contributed by atoms with Crippen LogP contribution in [0.4, 0.5) is 4.39 Å². The molecule has 0 unspecified atom stereocenters. The minimum absolute atomic E-state index is 0.00627. The van der Waals surface area contributed by atoms with Gasteiger partial charge in [0.1, 0.15) is 11.4 Å². The Balaban J connectivity index is 1.62. The molecular formula is C17H18FN3O4S. The molecule has 2 N–H and O–H groups in total. The zero-order valence-corrected chi connectivity index (χ0v) is 14.6. The van der Waals surface area contributed by atoms with Crippen LogP contribution in [0, 0.1) is 5.82 Å². The van der Waals surface area contributed by atoms with Crippen LogP contribution in [0.3, 0.4) is 0 Å². The van der Waals surface area contributed by atoms with Crippen molar-refractivity contribution < 1.29 is 17.6 Å². The molecule has 26 heavy (non-hydrogen) atoms. The van der Waals surface area contributed by atoms with Gasteiger partial charge >= 0.3 is 0 Å². The van der Waals surface area contributed by atoms with Crippen molar-refractivity contribution in [3.05, 3.63) is 64.3 Å². The molecule has 2 aromatic rings. The SMILES string of the molecule is O=C(c1ccc[nH]c1=O)N1CCC(NS(=O)(=O)c2ccc(F)cc2)CC1. The van der Waals surface area contributed by atoms with Crippen LogP contribution in [0.15, 0.2) is 52.3 Å². The van der Waals surface area contributed by atoms with Crippen molar-refractivity contribution in [3.8, 4) is 0 Å². The van der Waals surface area contributed by atoms with Gasteiger partial charge in [-0.15, -0.1) is 0 Å². The molecule has 138 valence electrons. The number of hydrogen-bond donors (Lipinski definition) is 2. The molecule has 0 saturated carbocycles. The molecule has 7 nitrogen and oxygen atoms in total. The Morgan fingerprint density at radius 2 is 1.81 bits per heavy atom. The smallest absolute Gasteiger partial charge is 0.260 e. The molecule has 1 aliphatic heterocycles. The lowest BCUT2D eigenvalue weighted by Gasteiger charge is -2.32. The molecule has 0 bridgehead atoms. The summed E-state index contributed by atoms with van der Waals surface area (Å²) >= 11 is 0. The van der Waals surface area contributed by atoms with Crippen LogP contribution < -0.4 is 10.3 Å². The van der Waals surface area contributed by atoms with Crippen LogP contribution in [0.5, 0.6) is 0 Å². The number of halogens is 1. The first-order valence-corrected chi connectivity index (χ1v) is 9.60. The Kier molecular flexibility index (Phi) is 5.19. The summed E-state index contributed by atoms with van der Waals surface area (Å²) in [7, 11) is -3.75. The highest BCUT2D eigenvalue weighted by Crippen LogP contribution is 2.16. The number of amides is 1. The van der Waals surface area contributed by atoms with Crippen LogP contribution in [0.2, 0.25) is 0 Å². The third-order valence-electron chi connectivity index (χ3n) is 4.28. The molecule has 0 atom stereocenters. The van der Waals surface area contributed by atoms with E-state index in [4.69, 9.17) is 0 Å². The topological polar surface area (TPSA) is 99.3 Å². The average Bonchev–Trinajstić information content (AvgIpc) is 2.62. The van der Waals surface area contributed by atoms with Crippen LogP contribution in [-0.4, -0.2) is 43.3 Å². The standard InChI is InChI=1S/C17H18FN3O4S/c18-12-3-5-14(6-4-12)26(24,25)20-13-7-10-21(11-8-13)17(23)15-2-1-9-19-16(15)22/h1-6,9,13,20H,7-8,10-11H2,(H,19,22). The molecule has 1 aromatic heterocycles. The summed E-state index contributed by atoms with van der Waals surface area (Å²) in [5.74, 6) is -0.877. The molecule has 1 fully saturated rings. The van der Waals surface area contributed by atoms with Crippen LogP contribution in [-0.2, 0) is 10.0 Å². The van der Waals surface area contributed by atoms with Gasteiger partial charge in [0.15, 0.2) is 0 Å². The first kappa shape index (κ1) is 18.3. The number of sulfonamides is 1. The minimum Gasteiger partial charge on any atom is -0.338 e. The van der Waals surface area contributed by atoms with E-state index in [0.29, 0.717) is 25.9 Å². The zero-order valence-electron chi connectivity index (χ0n) is 13.8. The van der Waals surface area contributed by atoms with E-state index in [1.54, 1.807) is 6.07 Å². The lowest BCUT2D eigenvalue weighted by atomic mass is 10.1. The maximum Gasteiger partial charge on any atom is 0.260 e. The van der Waals surface area contributed by atoms with Crippen molar-refractivity contribution in [3.63, 3.8) is 0 Å². The van der Waals surface area contributed by atoms with Crippen molar-refractivity contribution >= 4 is 15.9 Å². The third-order valence-corrected chi connectivity index (χ3v) is 5.81. The third kappa shape index (κ3) is 4.00. The van der Waals surface area contributed by atoms with Gasteiger partial charge in [0.2, 0.25) is 10.0 Å². The van der Waals surface area contributed by atoms with Gasteiger partial charge < -0.3 is 9.88 Å². The second-order valence-corrected chi connectivity index (χ2v) is 7.77. The van der Waals surface area contributed by atoms with E-state index in [1.165, 1.54) is 29.3 Å². The lowest BCUT2D eigenvalue weighted by molar-refractivity contribution is 0.0709. The van der Waals surface area contributed by atoms with Gasteiger partial charge in [0, 0.05) is 25.3 Å². The van der Waals surface area contributed by atoms with E-state index in [2.05, 4.69) is 9.71 Å². The summed E-state index contributed by atoms with van der Waals surface area (Å²) in [6.07, 6.45) is 2.31. The lowest BCUT2D eigenvalue weighted by Crippen LogP contribution is -2.47. The van der Waals surface area contributed by atoms with Gasteiger partial charge in [-0.2, -0.15) is 0 Å². The minimum atomic E-state index is -3.75. The predicted octanol–water partition coefficient (Wildman–Crippen LogP) is 1.10. The molecule has 1 aliphatic rings. The van der Waals surface area contributed by atoms with Gasteiger partial charge in [-0.25, -0.2) is 17.5 Å². The van der Waals surface area contributed by atoms with Gasteiger partial charge in [-0.1, -0.05) is 0 Å². The highest BCUT2D eigenvalue weighted by molar-refractivity contribution is 7.89. The van der Waals surface area contributed by atoms with Crippen molar-refractivity contribution in [1.82, 2.24) is 14.6 Å². The van der Waals surface area contributed by atoms with Gasteiger partial charge in [-0.3, -0.25) is 9.59 Å². The Labute approximate surface area is 149 Å². The summed E-state index contributed by atoms with van der Waals surface area (Å²) in [6, 6.07) is 7.31. The van der Waals surface area contributed by atoms with Crippen LogP contribution >= 0.6 is 0 Å². The van der Waals surface area contributed by atoms with E-state index in [-0.39, 0.29) is 22.4 Å². The van der Waals surface area contributed by atoms with Crippen molar-refractivity contribution in [1.29, 1.82) is 0 Å². The molecule has 3 rings (SSSR count). The normalized spacial score (nSPS) is 15.8. The summed E-state index contributed by atoms with van der Waals surface area (Å²) in [5, 5.41) is 0. The number of likely N-dealkylation sites (tertiary alicyclic amines) is 1. The first-order chi connectivity index (χ1) is 12.4. The maximum absolute atomic E-state index is 12.9. The van der Waals surface area contributed by atoms with Crippen LogP contribution in [0.25, 0.3) is 0 Å². The van der Waals surface area contributed by atoms with E-state index in [0.717, 1.165) is 12.1 Å². The number of aromatic amines is 1. The molecule has 0 aliphatic carbocycles. The average molecular weight is 379 g/mol. The van der Waals surface area contributed by atoms with E-state index in [1.807, 2.05) is 0 Å². The highest BCUT2D eigenvalue weighted by atomic mass is 32.2. The number of nitrogens with zero attached hydrogens (tertiary/aromatic N) is 1. The summed E-state index contributed by atoms with van der Waals surface area (Å²) in [4.78, 5) is 28.1. The number of carbonyl (C=O) groups excluding carboxylic acids is 1. The molecule has 1 amide bonds. The van der Waals surface area contributed by atoms with E-state index in [9.17, 15) is 22.4 Å². The summed E-state index contributed by atoms with van der Waals surface area (Å²) in [5.41, 5.74) is -0.380. The number of hydrogen-bond acceptors (Lipinski definition) is 4. The Morgan fingerprint density at radius 3 is 2.42 bits per heavy atom. The van der Waals surface area contributed by atoms with Crippen molar-refractivity contribution in [2.24, 2.45) is 0 Å². The number of benzene rings is 1. The molecule has 1 aromatic carbocycles. The largest absolute Gasteiger partial charge is 0.338 e. The number of aromatic nitrogens is 1. The van der Waals surface area contributed by atoms with E-state index < -0.39 is 21.4 Å². The van der Waals surface area contributed by atoms with Gasteiger partial charge in [0.05, 0.1) is 4.90 Å². The number of carbonyl (C=O) groups is 1. The summed E-state index contributed by atoms with van der Waals surface area (Å²) in [6.45, 7) is 0.674. The second kappa shape index (κ2) is 7.38. The number of nitrogens with one attached hydrogen (secondary N) is 2. The number of rotatable bonds is 4. The fourth-order valence-corrected chi connectivity index (χ4v) is 4.17. The molecule has 9 heteroatoms. The van der Waals surface area contributed by atoms with Crippen LogP contribution in [0.1, 0.15) is 23.2 Å². The molecule has 0 radical (unpaired) electrons. The zero-order chi connectivity index (χ0) is 18.7. The van der Waals surface area contributed by atoms with Gasteiger partial charge in [0.25, 0.3) is 11.5 Å². The number of pyridine rings is 1. The quantitative estimate of drug-likeness (QED) is 0.831. The molecular weight excluding hydrogens is 361 g/mol. The van der Waals surface area contributed by atoms with E-state index >= 15 is 0 Å². The Hall–Kier alpha value is -2.52. The molecule has 1 saturated heterocycles. The summed E-state index contributed by atoms with van der Waals surface area (Å²) < 4.78 is 40.2. The predicted molar refractivity (Wildman–Crippen MR) is 92.7 cm³/mol.